The van der Waals surface area contributed by atoms with Crippen LogP contribution in [0.3, 0.4) is 0 Å². The first-order valence-electron chi connectivity index (χ1n) is 5.89. The van der Waals surface area contributed by atoms with Crippen molar-refractivity contribution in [1.82, 2.24) is 4.98 Å². The Morgan fingerprint density at radius 1 is 1.32 bits per heavy atom. The SMILES string of the molecule is CC(Nc1nccc(C(=O)O)c1N)c1ccccc1. The van der Waals surface area contributed by atoms with Gasteiger partial charge in [0.15, 0.2) is 5.82 Å². The third kappa shape index (κ3) is 2.82. The molecule has 1 atom stereocenters. The van der Waals surface area contributed by atoms with Crippen LogP contribution in [0.15, 0.2) is 42.6 Å². The third-order valence-electron chi connectivity index (χ3n) is 2.87. The third-order valence-corrected chi connectivity index (χ3v) is 2.87. The van der Waals surface area contributed by atoms with Gasteiger partial charge < -0.3 is 16.2 Å². The van der Waals surface area contributed by atoms with Crippen molar-refractivity contribution >= 4 is 17.5 Å². The molecule has 0 fully saturated rings. The molecule has 5 nitrogen and oxygen atoms in total. The number of anilines is 2. The number of hydrogen-bond acceptors (Lipinski definition) is 4. The molecule has 1 aromatic heterocycles. The molecule has 2 rings (SSSR count). The van der Waals surface area contributed by atoms with E-state index in [0.717, 1.165) is 5.56 Å². The van der Waals surface area contributed by atoms with Gasteiger partial charge in [-0.2, -0.15) is 0 Å². The van der Waals surface area contributed by atoms with Gasteiger partial charge in [0.05, 0.1) is 17.3 Å². The second-order valence-electron chi connectivity index (χ2n) is 4.20. The lowest BCUT2D eigenvalue weighted by atomic mass is 10.1. The summed E-state index contributed by atoms with van der Waals surface area (Å²) in [5, 5.41) is 12.1. The molecule has 98 valence electrons. The van der Waals surface area contributed by atoms with Gasteiger partial charge in [-0.25, -0.2) is 9.78 Å². The zero-order valence-corrected chi connectivity index (χ0v) is 10.5. The fraction of sp³-hybridized carbons (Fsp3) is 0.143. The van der Waals surface area contributed by atoms with Crippen LogP contribution in [0.4, 0.5) is 11.5 Å². The average Bonchev–Trinajstić information content (AvgIpc) is 2.41. The molecule has 0 bridgehead atoms. The van der Waals surface area contributed by atoms with E-state index in [1.165, 1.54) is 12.3 Å². The molecule has 19 heavy (non-hydrogen) atoms. The van der Waals surface area contributed by atoms with Crippen LogP contribution in [0.1, 0.15) is 28.9 Å². The lowest BCUT2D eigenvalue weighted by Gasteiger charge is -2.16. The van der Waals surface area contributed by atoms with Crippen molar-refractivity contribution in [3.05, 3.63) is 53.7 Å². The molecule has 1 heterocycles. The molecule has 0 radical (unpaired) electrons. The second kappa shape index (κ2) is 5.39. The summed E-state index contributed by atoms with van der Waals surface area (Å²) in [5.41, 5.74) is 7.08. The zero-order valence-electron chi connectivity index (χ0n) is 10.5. The Bertz CT molecular complexity index is 584. The highest BCUT2D eigenvalue weighted by Gasteiger charge is 2.14. The number of carboxylic acids is 1. The van der Waals surface area contributed by atoms with Gasteiger partial charge in [-0.15, -0.1) is 0 Å². The Balaban J connectivity index is 2.25. The van der Waals surface area contributed by atoms with Crippen molar-refractivity contribution < 1.29 is 9.90 Å². The maximum Gasteiger partial charge on any atom is 0.337 e. The smallest absolute Gasteiger partial charge is 0.337 e. The molecule has 0 spiro atoms. The van der Waals surface area contributed by atoms with Gasteiger partial charge in [-0.05, 0) is 18.6 Å². The Kier molecular flexibility index (Phi) is 3.66. The Hall–Kier alpha value is -2.56. The lowest BCUT2D eigenvalue weighted by Crippen LogP contribution is -2.12. The zero-order chi connectivity index (χ0) is 13.8. The maximum absolute atomic E-state index is 11.0. The summed E-state index contributed by atoms with van der Waals surface area (Å²) in [6.07, 6.45) is 1.43. The van der Waals surface area contributed by atoms with Crippen LogP contribution < -0.4 is 11.1 Å². The normalized spacial score (nSPS) is 11.8. The highest BCUT2D eigenvalue weighted by Crippen LogP contribution is 2.24. The minimum Gasteiger partial charge on any atom is -0.478 e. The first kappa shape index (κ1) is 12.9. The number of nitrogens with one attached hydrogen (secondary N) is 1. The molecule has 1 unspecified atom stereocenters. The molecule has 2 aromatic rings. The summed E-state index contributed by atoms with van der Waals surface area (Å²) in [4.78, 5) is 15.1. The van der Waals surface area contributed by atoms with Gasteiger partial charge in [-0.1, -0.05) is 30.3 Å². The Labute approximate surface area is 111 Å². The fourth-order valence-corrected chi connectivity index (χ4v) is 1.80. The average molecular weight is 257 g/mol. The van der Waals surface area contributed by atoms with Crippen LogP contribution in [-0.2, 0) is 0 Å². The van der Waals surface area contributed by atoms with E-state index in [2.05, 4.69) is 10.3 Å². The fourth-order valence-electron chi connectivity index (χ4n) is 1.80. The van der Waals surface area contributed by atoms with Crippen molar-refractivity contribution in [3.63, 3.8) is 0 Å². The monoisotopic (exact) mass is 257 g/mol. The minimum atomic E-state index is -1.06. The van der Waals surface area contributed by atoms with Gasteiger partial charge in [-0.3, -0.25) is 0 Å². The second-order valence-corrected chi connectivity index (χ2v) is 4.20. The maximum atomic E-state index is 11.0. The Morgan fingerprint density at radius 3 is 2.63 bits per heavy atom. The molecular formula is C14H15N3O2. The van der Waals surface area contributed by atoms with Crippen molar-refractivity contribution in [2.45, 2.75) is 13.0 Å². The van der Waals surface area contributed by atoms with E-state index >= 15 is 0 Å². The number of nitrogen functional groups attached to an aromatic ring is 1. The van der Waals surface area contributed by atoms with E-state index in [-0.39, 0.29) is 17.3 Å². The molecule has 4 N–H and O–H groups in total. The number of benzene rings is 1. The Morgan fingerprint density at radius 2 is 2.00 bits per heavy atom. The van der Waals surface area contributed by atoms with Crippen molar-refractivity contribution in [2.24, 2.45) is 0 Å². The van der Waals surface area contributed by atoms with Gasteiger partial charge in [0, 0.05) is 6.20 Å². The number of nitrogens with zero attached hydrogens (tertiary/aromatic N) is 1. The van der Waals surface area contributed by atoms with E-state index in [1.807, 2.05) is 37.3 Å². The van der Waals surface area contributed by atoms with Gasteiger partial charge in [0.1, 0.15) is 0 Å². The number of carbonyl (C=O) groups is 1. The standard InChI is InChI=1S/C14H15N3O2/c1-9(10-5-3-2-4-6-10)17-13-12(15)11(14(18)19)7-8-16-13/h2-9H,15H2,1H3,(H,16,17)(H,18,19). The van der Waals surface area contributed by atoms with Gasteiger partial charge >= 0.3 is 5.97 Å². The highest BCUT2D eigenvalue weighted by molar-refractivity contribution is 5.96. The molecule has 0 aliphatic carbocycles. The van der Waals surface area contributed by atoms with E-state index < -0.39 is 5.97 Å². The van der Waals surface area contributed by atoms with E-state index in [0.29, 0.717) is 5.82 Å². The van der Waals surface area contributed by atoms with E-state index in [4.69, 9.17) is 10.8 Å². The van der Waals surface area contributed by atoms with Gasteiger partial charge in [0.25, 0.3) is 0 Å². The van der Waals surface area contributed by atoms with Crippen molar-refractivity contribution in [3.8, 4) is 0 Å². The number of carboxylic acid groups (broad SMARTS) is 1. The summed E-state index contributed by atoms with van der Waals surface area (Å²) in [6, 6.07) is 11.2. The largest absolute Gasteiger partial charge is 0.478 e. The summed E-state index contributed by atoms with van der Waals surface area (Å²) in [6.45, 7) is 1.96. The predicted molar refractivity (Wildman–Crippen MR) is 74.1 cm³/mol. The minimum absolute atomic E-state index is 0.0138. The van der Waals surface area contributed by atoms with Gasteiger partial charge in [0.2, 0.25) is 0 Å². The molecule has 0 saturated carbocycles. The van der Waals surface area contributed by atoms with E-state index in [1.54, 1.807) is 0 Å². The first-order chi connectivity index (χ1) is 9.09. The van der Waals surface area contributed by atoms with Crippen LogP contribution in [0, 0.1) is 0 Å². The molecule has 0 saturated heterocycles. The van der Waals surface area contributed by atoms with Crippen molar-refractivity contribution in [1.29, 1.82) is 0 Å². The van der Waals surface area contributed by atoms with E-state index in [9.17, 15) is 4.79 Å². The number of aromatic carboxylic acids is 1. The number of pyridine rings is 1. The van der Waals surface area contributed by atoms with Crippen molar-refractivity contribution in [2.75, 3.05) is 11.1 Å². The number of rotatable bonds is 4. The molecule has 0 aliphatic heterocycles. The summed E-state index contributed by atoms with van der Waals surface area (Å²) in [5.74, 6) is -0.674. The number of nitrogens with two attached hydrogens (primary N) is 1. The number of hydrogen-bond donors (Lipinski definition) is 3. The summed E-state index contributed by atoms with van der Waals surface area (Å²) in [7, 11) is 0. The van der Waals surface area contributed by atoms with Crippen LogP contribution in [-0.4, -0.2) is 16.1 Å². The van der Waals surface area contributed by atoms with Crippen LogP contribution in [0.2, 0.25) is 0 Å². The molecule has 5 heteroatoms. The van der Waals surface area contributed by atoms with Crippen LogP contribution in [0.5, 0.6) is 0 Å². The summed E-state index contributed by atoms with van der Waals surface area (Å²) >= 11 is 0. The molecular weight excluding hydrogens is 242 g/mol. The first-order valence-corrected chi connectivity index (χ1v) is 5.89. The topological polar surface area (TPSA) is 88.2 Å². The van der Waals surface area contributed by atoms with Crippen LogP contribution in [0.25, 0.3) is 0 Å². The quantitative estimate of drug-likeness (QED) is 0.783. The number of aromatic nitrogens is 1. The molecule has 0 aliphatic rings. The lowest BCUT2D eigenvalue weighted by molar-refractivity contribution is 0.0698. The molecule has 0 amide bonds. The predicted octanol–water partition coefficient (Wildman–Crippen LogP) is 2.54. The molecule has 1 aromatic carbocycles. The summed E-state index contributed by atoms with van der Waals surface area (Å²) < 4.78 is 0. The highest BCUT2D eigenvalue weighted by atomic mass is 16.4. The van der Waals surface area contributed by atoms with Crippen LogP contribution >= 0.6 is 0 Å².